The van der Waals surface area contributed by atoms with Crippen LogP contribution in [-0.2, 0) is 40.1 Å². The van der Waals surface area contributed by atoms with Gasteiger partial charge in [0.2, 0.25) is 0 Å². The van der Waals surface area contributed by atoms with Gasteiger partial charge >= 0.3 is 31.1 Å². The average molecular weight is 843 g/mol. The first-order valence-electron chi connectivity index (χ1n) is 15.0. The molecular formula is C31H28F6N4O9S4. The van der Waals surface area contributed by atoms with Gasteiger partial charge in [0, 0.05) is 34.3 Å². The van der Waals surface area contributed by atoms with Crippen LogP contribution in [0.2, 0.25) is 0 Å². The number of sulfonamides is 4. The Labute approximate surface area is 306 Å². The maximum absolute atomic E-state index is 12.9. The molecule has 1 unspecified atom stereocenters. The Morgan fingerprint density at radius 3 is 1.83 bits per heavy atom. The van der Waals surface area contributed by atoms with E-state index in [2.05, 4.69) is 10.6 Å². The molecule has 23 heteroatoms. The largest absolute Gasteiger partial charge is 0.512 e. The maximum atomic E-state index is 12.9. The van der Waals surface area contributed by atoms with Crippen molar-refractivity contribution in [3.8, 4) is 5.75 Å². The van der Waals surface area contributed by atoms with E-state index in [0.717, 1.165) is 22.3 Å². The zero-order chi connectivity index (χ0) is 40.4. The Kier molecular flexibility index (Phi) is 10.3. The summed E-state index contributed by atoms with van der Waals surface area (Å²) in [5, 5.41) is 6.18. The second-order valence-electron chi connectivity index (χ2n) is 12.0. The molecule has 292 valence electrons. The minimum Gasteiger partial charge on any atom is -0.456 e. The van der Waals surface area contributed by atoms with Gasteiger partial charge in [0.05, 0.1) is 15.8 Å². The highest BCUT2D eigenvalue weighted by Gasteiger charge is 2.49. The first-order valence-corrected chi connectivity index (χ1v) is 20.9. The quantitative estimate of drug-likeness (QED) is 0.185. The van der Waals surface area contributed by atoms with Crippen molar-refractivity contribution in [2.24, 2.45) is 0 Å². The molecule has 0 radical (unpaired) electrons. The predicted octanol–water partition coefficient (Wildman–Crippen LogP) is 5.63. The standard InChI is InChI=1S/C31H28F6N4O9S4/c1-16-5-10-27(52(44,45)41-54(48,49)31(35,36)37)19(4)29(16)39-23-9-7-21-13-20-6-8-22(14-25(20)50-26(21)15-23)38-28-17(2)11-24(12-18(28)3)51(42,43)40-53(46,47)30(32,33)34/h5-15,23,38-41H,1-4H3. The van der Waals surface area contributed by atoms with Gasteiger partial charge in [0.15, 0.2) is 0 Å². The minimum atomic E-state index is -6.23. The topological polar surface area (TPSA) is 194 Å². The second kappa shape index (κ2) is 13.7. The molecule has 0 fully saturated rings. The van der Waals surface area contributed by atoms with Gasteiger partial charge in [-0.15, -0.1) is 0 Å². The molecule has 1 aliphatic heterocycles. The van der Waals surface area contributed by atoms with E-state index in [4.69, 9.17) is 4.74 Å². The van der Waals surface area contributed by atoms with E-state index >= 15 is 0 Å². The molecule has 2 aliphatic rings. The molecule has 3 aromatic carbocycles. The maximum Gasteiger partial charge on any atom is 0.512 e. The monoisotopic (exact) mass is 842 g/mol. The molecule has 0 saturated carbocycles. The van der Waals surface area contributed by atoms with Gasteiger partial charge in [-0.05, 0) is 92.4 Å². The van der Waals surface area contributed by atoms with Gasteiger partial charge in [0.25, 0.3) is 20.0 Å². The predicted molar refractivity (Wildman–Crippen MR) is 185 cm³/mol. The van der Waals surface area contributed by atoms with E-state index in [-0.39, 0.29) is 22.4 Å². The molecule has 1 aliphatic carbocycles. The van der Waals surface area contributed by atoms with Crippen molar-refractivity contribution < 1.29 is 64.8 Å². The van der Waals surface area contributed by atoms with Crippen molar-refractivity contribution >= 4 is 63.2 Å². The van der Waals surface area contributed by atoms with E-state index < -0.39 is 66.9 Å². The van der Waals surface area contributed by atoms with Gasteiger partial charge in [-0.2, -0.15) is 26.3 Å². The van der Waals surface area contributed by atoms with Crippen molar-refractivity contribution in [2.45, 2.75) is 54.5 Å². The number of fused-ring (bicyclic) bond motifs is 2. The van der Waals surface area contributed by atoms with Crippen LogP contribution in [0.4, 0.5) is 43.4 Å². The van der Waals surface area contributed by atoms with Gasteiger partial charge in [-0.3, -0.25) is 0 Å². The SMILES string of the molecule is Cc1cc(S(=O)(=O)NS(=O)(=O)C(F)(F)F)cc(C)c1Nc1ccc2c(c1)OC1=CC(Nc3c(C)ccc(S(=O)(=O)NS(=O)(=O)C(F)(F)F)c3C)C=CC1=C2. The van der Waals surface area contributed by atoms with Crippen molar-refractivity contribution in [1.29, 1.82) is 0 Å². The van der Waals surface area contributed by atoms with Gasteiger partial charge in [0.1, 0.15) is 11.5 Å². The van der Waals surface area contributed by atoms with E-state index in [1.54, 1.807) is 49.4 Å². The fourth-order valence-electron chi connectivity index (χ4n) is 5.42. The van der Waals surface area contributed by atoms with Crippen LogP contribution in [0.25, 0.3) is 6.08 Å². The van der Waals surface area contributed by atoms with Crippen LogP contribution in [0.15, 0.2) is 81.8 Å². The summed E-state index contributed by atoms with van der Waals surface area (Å²) in [6, 6.07) is 8.61. The molecule has 0 spiro atoms. The van der Waals surface area contributed by atoms with Crippen molar-refractivity contribution in [1.82, 2.24) is 8.25 Å². The number of halogens is 6. The summed E-state index contributed by atoms with van der Waals surface area (Å²) in [6.07, 6.45) is 6.86. The average Bonchev–Trinajstić information content (AvgIpc) is 3.01. The highest BCUT2D eigenvalue weighted by atomic mass is 32.3. The number of nitrogens with one attached hydrogen (secondary N) is 4. The van der Waals surface area contributed by atoms with Gasteiger partial charge in [-0.25, -0.2) is 33.7 Å². The number of hydrogen-bond acceptors (Lipinski definition) is 11. The lowest BCUT2D eigenvalue weighted by Gasteiger charge is -2.26. The molecule has 5 rings (SSSR count). The highest BCUT2D eigenvalue weighted by Crippen LogP contribution is 2.38. The number of benzene rings is 3. The summed E-state index contributed by atoms with van der Waals surface area (Å²) in [4.78, 5) is -1.42. The van der Waals surface area contributed by atoms with Crippen LogP contribution in [0, 0.1) is 27.7 Å². The lowest BCUT2D eigenvalue weighted by atomic mass is 9.98. The number of hydrogen-bond donors (Lipinski definition) is 4. The number of allylic oxidation sites excluding steroid dienone is 1. The minimum absolute atomic E-state index is 0.0579. The fourth-order valence-corrected chi connectivity index (χ4v) is 10.6. The van der Waals surface area contributed by atoms with Crippen LogP contribution >= 0.6 is 0 Å². The third-order valence-electron chi connectivity index (χ3n) is 8.00. The Morgan fingerprint density at radius 1 is 0.685 bits per heavy atom. The van der Waals surface area contributed by atoms with E-state index in [0.29, 0.717) is 43.7 Å². The van der Waals surface area contributed by atoms with Gasteiger partial charge in [-0.1, -0.05) is 26.5 Å². The lowest BCUT2D eigenvalue weighted by Crippen LogP contribution is -2.40. The zero-order valence-electron chi connectivity index (χ0n) is 28.0. The number of aryl methyl sites for hydroxylation is 3. The number of alkyl halides is 6. The molecule has 1 atom stereocenters. The highest BCUT2D eigenvalue weighted by molar-refractivity contribution is 8.05. The first-order chi connectivity index (χ1) is 24.6. The molecule has 1 heterocycles. The molecule has 54 heavy (non-hydrogen) atoms. The Balaban J connectivity index is 1.37. The smallest absolute Gasteiger partial charge is 0.456 e. The third-order valence-corrected chi connectivity index (χ3v) is 14.6. The summed E-state index contributed by atoms with van der Waals surface area (Å²) in [7, 11) is -22.7. The summed E-state index contributed by atoms with van der Waals surface area (Å²) in [6.45, 7) is 5.81. The molecule has 0 saturated heterocycles. The Hall–Kier alpha value is -4.42. The summed E-state index contributed by atoms with van der Waals surface area (Å²) < 4.78 is 181. The van der Waals surface area contributed by atoms with Crippen LogP contribution in [-0.4, -0.2) is 50.7 Å². The molecule has 0 bridgehead atoms. The fraction of sp³-hybridized carbons (Fsp3) is 0.226. The van der Waals surface area contributed by atoms with E-state index in [1.165, 1.54) is 26.8 Å². The molecular weight excluding hydrogens is 815 g/mol. The van der Waals surface area contributed by atoms with Crippen LogP contribution < -0.4 is 23.6 Å². The normalized spacial score (nSPS) is 16.4. The number of anilines is 3. The third kappa shape index (κ3) is 8.15. The van der Waals surface area contributed by atoms with Gasteiger partial charge < -0.3 is 15.4 Å². The van der Waals surface area contributed by atoms with E-state index in [1.807, 2.05) is 0 Å². The lowest BCUT2D eigenvalue weighted by molar-refractivity contribution is -0.0447. The molecule has 13 nitrogen and oxygen atoms in total. The molecule has 0 amide bonds. The van der Waals surface area contributed by atoms with Crippen LogP contribution in [0.3, 0.4) is 0 Å². The van der Waals surface area contributed by atoms with Crippen molar-refractivity contribution in [3.05, 3.63) is 99.8 Å². The summed E-state index contributed by atoms with van der Waals surface area (Å²) in [5.41, 5.74) is -8.49. The van der Waals surface area contributed by atoms with Crippen molar-refractivity contribution in [3.63, 3.8) is 0 Å². The van der Waals surface area contributed by atoms with E-state index in [9.17, 15) is 60.0 Å². The first kappa shape index (κ1) is 40.8. The number of rotatable bonds is 10. The van der Waals surface area contributed by atoms with Crippen molar-refractivity contribution in [2.75, 3.05) is 10.6 Å². The molecule has 4 N–H and O–H groups in total. The summed E-state index contributed by atoms with van der Waals surface area (Å²) in [5.74, 6) is 0.720. The molecule has 0 aromatic heterocycles. The van der Waals surface area contributed by atoms with Crippen LogP contribution in [0.5, 0.6) is 5.75 Å². The summed E-state index contributed by atoms with van der Waals surface area (Å²) >= 11 is 0. The zero-order valence-corrected chi connectivity index (χ0v) is 31.3. The number of ether oxygens (including phenoxy) is 1. The Morgan fingerprint density at radius 2 is 1.26 bits per heavy atom. The second-order valence-corrected chi connectivity index (χ2v) is 19.2. The molecule has 3 aromatic rings. The van der Waals surface area contributed by atoms with Crippen LogP contribution in [0.1, 0.15) is 27.8 Å². The Bertz CT molecular complexity index is 2600.